The molecule has 0 heterocycles. The Labute approximate surface area is 410 Å². The van der Waals surface area contributed by atoms with Crippen LogP contribution in [-0.4, -0.2) is 48.1 Å². The summed E-state index contributed by atoms with van der Waals surface area (Å²) < 4.78 is 45.3. The zero-order chi connectivity index (χ0) is 50.0. The molecule has 8 rings (SSSR count). The number of hydrogen-bond acceptors (Lipinski definition) is 7. The molecule has 2 atom stereocenters. The summed E-state index contributed by atoms with van der Waals surface area (Å²) in [5.74, 6) is -3.13. The van der Waals surface area contributed by atoms with E-state index in [0.29, 0.717) is 34.2 Å². The highest BCUT2D eigenvalue weighted by atomic mass is 19.1. The lowest BCUT2D eigenvalue weighted by Crippen LogP contribution is -2.43. The van der Waals surface area contributed by atoms with Crippen molar-refractivity contribution in [1.82, 2.24) is 10.6 Å². The number of aliphatic carboxylic acids is 1. The van der Waals surface area contributed by atoms with Gasteiger partial charge in [-0.15, -0.1) is 0 Å². The number of hydrogen-bond donors (Lipinski definition) is 3. The number of methoxy groups -OCH3 is 1. The Morgan fingerprint density at radius 1 is 0.451 bits per heavy atom. The van der Waals surface area contributed by atoms with Gasteiger partial charge in [0.2, 0.25) is 0 Å². The van der Waals surface area contributed by atoms with Gasteiger partial charge in [-0.2, -0.15) is 0 Å². The highest BCUT2D eigenvalue weighted by Gasteiger charge is 2.24. The first-order chi connectivity index (χ1) is 34.5. The molecule has 0 aliphatic heterocycles. The molecule has 0 spiro atoms. The summed E-state index contributed by atoms with van der Waals surface area (Å²) in [4.78, 5) is 49.3. The third-order valence-corrected chi connectivity index (χ3v) is 11.3. The fourth-order valence-corrected chi connectivity index (χ4v) is 7.41. The van der Waals surface area contributed by atoms with Gasteiger partial charge in [-0.05, 0) is 93.0 Å². The van der Waals surface area contributed by atoms with Crippen LogP contribution in [0, 0.1) is 11.6 Å². The van der Waals surface area contributed by atoms with Crippen molar-refractivity contribution in [1.29, 1.82) is 0 Å². The first-order valence-corrected chi connectivity index (χ1v) is 22.7. The van der Waals surface area contributed by atoms with Gasteiger partial charge in [0.15, 0.2) is 23.1 Å². The molecular weight excluding hydrogens is 903 g/mol. The zero-order valence-electron chi connectivity index (χ0n) is 38.7. The van der Waals surface area contributed by atoms with E-state index in [1.54, 1.807) is 72.8 Å². The third-order valence-electron chi connectivity index (χ3n) is 11.3. The molecule has 2 amide bonds. The van der Waals surface area contributed by atoms with Gasteiger partial charge in [0.05, 0.1) is 7.11 Å². The van der Waals surface area contributed by atoms with E-state index in [0.717, 1.165) is 27.8 Å². The number of carbonyl (C=O) groups is 4. The van der Waals surface area contributed by atoms with Crippen LogP contribution in [-0.2, 0) is 40.4 Å². The van der Waals surface area contributed by atoms with Crippen molar-refractivity contribution in [3.8, 4) is 33.8 Å². The van der Waals surface area contributed by atoms with E-state index in [1.807, 2.05) is 121 Å². The zero-order valence-corrected chi connectivity index (χ0v) is 38.7. The standard InChI is InChI=1S/C30H26FNO4.C29H24FNO4/c1-35-30(34)27(18-21-8-4-2-5-9-21)32-29(33)24-14-12-23(13-15-24)25-16-17-28(26(31)19-25)36-20-22-10-6-3-7-11-22;30-25-18-24(15-16-27(25)35-19-21-9-5-2-6-10-21)22-11-13-23(14-12-22)28(32)31-26(29(33)34)17-20-7-3-1-4-8-20/h2-17,19,27H,18,20H2,1H3,(H,32,33);1-16,18,26H,17,19H2,(H,31,32)(H,33,34). The molecule has 10 nitrogen and oxygen atoms in total. The molecule has 2 unspecified atom stereocenters. The van der Waals surface area contributed by atoms with Crippen LogP contribution in [0.2, 0.25) is 0 Å². The van der Waals surface area contributed by atoms with Crippen molar-refractivity contribution in [3.63, 3.8) is 0 Å². The maximum atomic E-state index is 14.6. The largest absolute Gasteiger partial charge is 0.486 e. The predicted molar refractivity (Wildman–Crippen MR) is 268 cm³/mol. The molecule has 8 aromatic carbocycles. The van der Waals surface area contributed by atoms with Crippen LogP contribution in [0.5, 0.6) is 11.5 Å². The Hall–Kier alpha value is -8.90. The molecule has 0 saturated carbocycles. The molecule has 12 heteroatoms. The first-order valence-electron chi connectivity index (χ1n) is 22.7. The summed E-state index contributed by atoms with van der Waals surface area (Å²) in [5.41, 5.74) is 7.06. The Bertz CT molecular complexity index is 3010. The molecule has 0 saturated heterocycles. The smallest absolute Gasteiger partial charge is 0.328 e. The van der Waals surface area contributed by atoms with E-state index in [9.17, 15) is 33.1 Å². The normalized spacial score (nSPS) is 11.4. The maximum Gasteiger partial charge on any atom is 0.328 e. The Kier molecular flexibility index (Phi) is 17.5. The molecular formula is C59H50F2N2O8. The lowest BCUT2D eigenvalue weighted by molar-refractivity contribution is -0.143. The van der Waals surface area contributed by atoms with Gasteiger partial charge < -0.3 is 30.0 Å². The minimum absolute atomic E-state index is 0.159. The van der Waals surface area contributed by atoms with E-state index in [2.05, 4.69) is 10.6 Å². The molecule has 358 valence electrons. The van der Waals surface area contributed by atoms with Crippen LogP contribution in [0.3, 0.4) is 0 Å². The fraction of sp³-hybridized carbons (Fsp3) is 0.119. The van der Waals surface area contributed by atoms with Crippen molar-refractivity contribution in [2.75, 3.05) is 7.11 Å². The third kappa shape index (κ3) is 14.6. The summed E-state index contributed by atoms with van der Waals surface area (Å²) in [7, 11) is 1.29. The molecule has 0 radical (unpaired) electrons. The van der Waals surface area contributed by atoms with Gasteiger partial charge in [0.1, 0.15) is 25.3 Å². The van der Waals surface area contributed by atoms with E-state index < -0.39 is 47.5 Å². The molecule has 0 fully saturated rings. The molecule has 0 aromatic heterocycles. The lowest BCUT2D eigenvalue weighted by Gasteiger charge is -2.17. The van der Waals surface area contributed by atoms with Crippen molar-refractivity contribution < 1.29 is 47.3 Å². The molecule has 0 bridgehead atoms. The van der Waals surface area contributed by atoms with Gasteiger partial charge >= 0.3 is 11.9 Å². The number of ether oxygens (including phenoxy) is 3. The number of halogens is 2. The van der Waals surface area contributed by atoms with Gasteiger partial charge in [-0.3, -0.25) is 9.59 Å². The van der Waals surface area contributed by atoms with E-state index >= 15 is 0 Å². The number of carboxylic acid groups (broad SMARTS) is 1. The van der Waals surface area contributed by atoms with Gasteiger partial charge in [0.25, 0.3) is 11.8 Å². The molecule has 71 heavy (non-hydrogen) atoms. The number of carboxylic acids is 1. The number of amides is 2. The second-order valence-corrected chi connectivity index (χ2v) is 16.3. The van der Waals surface area contributed by atoms with Gasteiger partial charge in [-0.25, -0.2) is 18.4 Å². The monoisotopic (exact) mass is 952 g/mol. The summed E-state index contributed by atoms with van der Waals surface area (Å²) >= 11 is 0. The molecule has 0 aliphatic carbocycles. The fourth-order valence-electron chi connectivity index (χ4n) is 7.41. The summed E-state index contributed by atoms with van der Waals surface area (Å²) in [5, 5.41) is 14.8. The first kappa shape index (κ1) is 50.0. The second kappa shape index (κ2) is 24.9. The van der Waals surface area contributed by atoms with Crippen molar-refractivity contribution >= 4 is 23.8 Å². The quantitative estimate of drug-likeness (QED) is 0.0723. The Morgan fingerprint density at radius 3 is 1.14 bits per heavy atom. The minimum Gasteiger partial charge on any atom is -0.486 e. The molecule has 0 aliphatic rings. The van der Waals surface area contributed by atoms with Gasteiger partial charge in [0, 0.05) is 24.0 Å². The maximum absolute atomic E-state index is 14.6. The van der Waals surface area contributed by atoms with Crippen LogP contribution < -0.4 is 20.1 Å². The Morgan fingerprint density at radius 2 is 0.789 bits per heavy atom. The van der Waals surface area contributed by atoms with Gasteiger partial charge in [-0.1, -0.05) is 158 Å². The number of rotatable bonds is 18. The van der Waals surface area contributed by atoms with Crippen LogP contribution in [0.4, 0.5) is 8.78 Å². The van der Waals surface area contributed by atoms with Crippen LogP contribution in [0.15, 0.2) is 206 Å². The van der Waals surface area contributed by atoms with Crippen LogP contribution in [0.25, 0.3) is 22.3 Å². The lowest BCUT2D eigenvalue weighted by atomic mass is 10.0. The minimum atomic E-state index is -1.11. The SMILES string of the molecule is COC(=O)C(Cc1ccccc1)NC(=O)c1ccc(-c2ccc(OCc3ccccc3)c(F)c2)cc1.O=C(NC(Cc1ccccc1)C(=O)O)c1ccc(-c2ccc(OCc3ccccc3)c(F)c2)cc1. The van der Waals surface area contributed by atoms with Crippen molar-refractivity contribution in [2.24, 2.45) is 0 Å². The van der Waals surface area contributed by atoms with E-state index in [-0.39, 0.29) is 31.1 Å². The summed E-state index contributed by atoms with van der Waals surface area (Å²) in [6.45, 7) is 0.542. The van der Waals surface area contributed by atoms with E-state index in [1.165, 1.54) is 19.2 Å². The summed E-state index contributed by atoms with van der Waals surface area (Å²) in [6, 6.07) is 58.5. The Balaban J connectivity index is 0.000000209. The van der Waals surface area contributed by atoms with Crippen molar-refractivity contribution in [2.45, 2.75) is 38.1 Å². The average molecular weight is 953 g/mol. The predicted octanol–water partition coefficient (Wildman–Crippen LogP) is 11.1. The highest BCUT2D eigenvalue weighted by Crippen LogP contribution is 2.28. The number of carbonyl (C=O) groups excluding carboxylic acids is 3. The average Bonchev–Trinajstić information content (AvgIpc) is 3.41. The number of esters is 1. The van der Waals surface area contributed by atoms with Crippen molar-refractivity contribution in [3.05, 3.63) is 251 Å². The highest BCUT2D eigenvalue weighted by molar-refractivity contribution is 5.98. The van der Waals surface area contributed by atoms with E-state index in [4.69, 9.17) is 14.2 Å². The number of nitrogens with one attached hydrogen (secondary N) is 2. The van der Waals surface area contributed by atoms with Crippen LogP contribution >= 0.6 is 0 Å². The molecule has 8 aromatic rings. The second-order valence-electron chi connectivity index (χ2n) is 16.3. The topological polar surface area (TPSA) is 140 Å². The molecule has 3 N–H and O–H groups in total. The number of benzene rings is 8. The van der Waals surface area contributed by atoms with Crippen LogP contribution in [0.1, 0.15) is 43.0 Å². The summed E-state index contributed by atoms with van der Waals surface area (Å²) in [6.07, 6.45) is 0.493.